The Balaban J connectivity index is 1.51. The normalized spacial score (nSPS) is 11.2. The van der Waals surface area contributed by atoms with Crippen LogP contribution in [0, 0.1) is 6.92 Å². The second-order valence-corrected chi connectivity index (χ2v) is 8.39. The molecule has 0 spiro atoms. The fourth-order valence-electron chi connectivity index (χ4n) is 3.02. The number of nitrogens with one attached hydrogen (secondary N) is 1. The van der Waals surface area contributed by atoms with E-state index in [1.807, 2.05) is 55.7 Å². The van der Waals surface area contributed by atoms with Crippen LogP contribution in [-0.4, -0.2) is 31.6 Å². The van der Waals surface area contributed by atoms with Crippen LogP contribution >= 0.6 is 11.8 Å². The number of rotatable bonds is 8. The highest BCUT2D eigenvalue weighted by Crippen LogP contribution is 2.26. The molecule has 0 saturated carbocycles. The number of benzene rings is 1. The maximum absolute atomic E-state index is 12.4. The summed E-state index contributed by atoms with van der Waals surface area (Å²) in [6.45, 7) is 6.52. The Labute approximate surface area is 184 Å². The molecule has 3 aromatic heterocycles. The number of hydrogen-bond donors (Lipinski definition) is 1. The second kappa shape index (κ2) is 9.22. The van der Waals surface area contributed by atoms with Gasteiger partial charge in [0.2, 0.25) is 11.8 Å². The van der Waals surface area contributed by atoms with Crippen molar-refractivity contribution in [1.82, 2.24) is 19.9 Å². The lowest BCUT2D eigenvalue weighted by molar-refractivity contribution is -0.113. The number of carbonyl (C=O) groups is 1. The van der Waals surface area contributed by atoms with Crippen LogP contribution in [0.3, 0.4) is 0 Å². The Kier molecular flexibility index (Phi) is 6.22. The number of amides is 1. The van der Waals surface area contributed by atoms with E-state index in [4.69, 9.17) is 8.94 Å². The highest BCUT2D eigenvalue weighted by atomic mass is 32.2. The first kappa shape index (κ1) is 20.9. The molecule has 4 aromatic rings. The number of aromatic nitrogens is 4. The molecular weight excluding hydrogens is 414 g/mol. The largest absolute Gasteiger partial charge is 0.467 e. The van der Waals surface area contributed by atoms with Crippen LogP contribution in [0.25, 0.3) is 11.4 Å². The number of hydrogen-bond acceptors (Lipinski definition) is 7. The van der Waals surface area contributed by atoms with Gasteiger partial charge < -0.3 is 8.94 Å². The van der Waals surface area contributed by atoms with Crippen LogP contribution in [0.2, 0.25) is 0 Å². The van der Waals surface area contributed by atoms with Gasteiger partial charge in [-0.3, -0.25) is 14.7 Å². The van der Waals surface area contributed by atoms with Gasteiger partial charge in [0.05, 0.1) is 24.3 Å². The molecule has 0 aliphatic heterocycles. The van der Waals surface area contributed by atoms with Gasteiger partial charge in [-0.05, 0) is 31.0 Å². The minimum Gasteiger partial charge on any atom is -0.467 e. The van der Waals surface area contributed by atoms with Crippen LogP contribution in [0.15, 0.2) is 62.8 Å². The molecule has 0 radical (unpaired) electrons. The number of aryl methyl sites for hydroxylation is 1. The van der Waals surface area contributed by atoms with Crippen molar-refractivity contribution in [2.45, 2.75) is 38.4 Å². The van der Waals surface area contributed by atoms with Crippen LogP contribution in [0.1, 0.15) is 36.8 Å². The Morgan fingerprint density at radius 2 is 2.06 bits per heavy atom. The molecule has 0 bridgehead atoms. The maximum atomic E-state index is 12.4. The molecule has 1 aromatic carbocycles. The molecule has 0 aliphatic carbocycles. The number of nitrogens with zero attached hydrogens (tertiary/aromatic N) is 4. The van der Waals surface area contributed by atoms with Crippen LogP contribution in [0.5, 0.6) is 0 Å². The first-order valence-corrected chi connectivity index (χ1v) is 10.9. The number of thioether (sulfide) groups is 1. The summed E-state index contributed by atoms with van der Waals surface area (Å²) in [5, 5.41) is 16.0. The van der Waals surface area contributed by atoms with E-state index in [2.05, 4.69) is 26.7 Å². The average Bonchev–Trinajstić information content (AvgIpc) is 3.48. The lowest BCUT2D eigenvalue weighted by Gasteiger charge is -2.09. The summed E-state index contributed by atoms with van der Waals surface area (Å²) in [6, 6.07) is 13.5. The van der Waals surface area contributed by atoms with Crippen molar-refractivity contribution in [3.63, 3.8) is 0 Å². The molecule has 31 heavy (non-hydrogen) atoms. The quantitative estimate of drug-likeness (QED) is 0.398. The number of carbonyl (C=O) groups excluding carboxylic acids is 1. The standard InChI is InChI=1S/C22H23N5O3S/c1-14(2)18-11-20(30-26-18)23-19(28)13-31-22-25-24-21(16-7-4-6-15(3)10-16)27(22)12-17-8-5-9-29-17/h4-11,14H,12-13H2,1-3H3,(H,23,28). The number of furan rings is 1. The van der Waals surface area contributed by atoms with E-state index in [0.717, 1.165) is 28.4 Å². The molecule has 3 heterocycles. The maximum Gasteiger partial charge on any atom is 0.237 e. The Hall–Kier alpha value is -3.33. The Morgan fingerprint density at radius 3 is 2.77 bits per heavy atom. The zero-order chi connectivity index (χ0) is 21.8. The molecule has 1 N–H and O–H groups in total. The predicted molar refractivity (Wildman–Crippen MR) is 118 cm³/mol. The first-order chi connectivity index (χ1) is 15.0. The van der Waals surface area contributed by atoms with Gasteiger partial charge in [-0.2, -0.15) is 0 Å². The van der Waals surface area contributed by atoms with Crippen molar-refractivity contribution in [2.24, 2.45) is 0 Å². The summed E-state index contributed by atoms with van der Waals surface area (Å²) >= 11 is 1.30. The summed E-state index contributed by atoms with van der Waals surface area (Å²) in [5.41, 5.74) is 2.88. The molecule has 0 atom stereocenters. The topological polar surface area (TPSA) is 99.0 Å². The number of anilines is 1. The third-order valence-corrected chi connectivity index (χ3v) is 5.57. The Bertz CT molecular complexity index is 1160. The molecule has 0 unspecified atom stereocenters. The minimum atomic E-state index is -0.207. The van der Waals surface area contributed by atoms with Gasteiger partial charge in [0.15, 0.2) is 11.0 Å². The lowest BCUT2D eigenvalue weighted by atomic mass is 10.1. The van der Waals surface area contributed by atoms with Gasteiger partial charge >= 0.3 is 0 Å². The van der Waals surface area contributed by atoms with Crippen molar-refractivity contribution < 1.29 is 13.7 Å². The molecule has 4 rings (SSSR count). The molecule has 160 valence electrons. The van der Waals surface area contributed by atoms with Crippen molar-refractivity contribution in [2.75, 3.05) is 11.1 Å². The molecular formula is C22H23N5O3S. The smallest absolute Gasteiger partial charge is 0.237 e. The van der Waals surface area contributed by atoms with Crippen molar-refractivity contribution in [1.29, 1.82) is 0 Å². The van der Waals surface area contributed by atoms with Crippen molar-refractivity contribution >= 4 is 23.6 Å². The predicted octanol–water partition coefficient (Wildman–Crippen LogP) is 4.74. The fraction of sp³-hybridized carbons (Fsp3) is 0.273. The summed E-state index contributed by atoms with van der Waals surface area (Å²) in [7, 11) is 0. The van der Waals surface area contributed by atoms with Gasteiger partial charge in [-0.1, -0.05) is 54.5 Å². The van der Waals surface area contributed by atoms with Gasteiger partial charge in [0, 0.05) is 11.6 Å². The van der Waals surface area contributed by atoms with Crippen molar-refractivity contribution in [3.8, 4) is 11.4 Å². The third kappa shape index (κ3) is 5.05. The van der Waals surface area contributed by atoms with Gasteiger partial charge in [-0.25, -0.2) is 0 Å². The summed E-state index contributed by atoms with van der Waals surface area (Å²) in [5.74, 6) is 2.02. The van der Waals surface area contributed by atoms with E-state index >= 15 is 0 Å². The SMILES string of the molecule is Cc1cccc(-c2nnc(SCC(=O)Nc3cc(C(C)C)no3)n2Cc2ccco2)c1. The molecule has 8 nitrogen and oxygen atoms in total. The van der Waals surface area contributed by atoms with E-state index in [1.54, 1.807) is 12.3 Å². The summed E-state index contributed by atoms with van der Waals surface area (Å²) in [4.78, 5) is 12.4. The second-order valence-electron chi connectivity index (χ2n) is 7.45. The average molecular weight is 438 g/mol. The first-order valence-electron chi connectivity index (χ1n) is 9.91. The van der Waals surface area contributed by atoms with Crippen LogP contribution < -0.4 is 5.32 Å². The molecule has 0 saturated heterocycles. The van der Waals surface area contributed by atoms with Crippen molar-refractivity contribution in [3.05, 3.63) is 65.7 Å². The zero-order valence-electron chi connectivity index (χ0n) is 17.5. The molecule has 0 aliphatic rings. The monoisotopic (exact) mass is 437 g/mol. The van der Waals surface area contributed by atoms with E-state index in [-0.39, 0.29) is 17.6 Å². The van der Waals surface area contributed by atoms with E-state index in [1.165, 1.54) is 11.8 Å². The molecule has 0 fully saturated rings. The lowest BCUT2D eigenvalue weighted by Crippen LogP contribution is -2.14. The van der Waals surface area contributed by atoms with E-state index in [9.17, 15) is 4.79 Å². The van der Waals surface area contributed by atoms with Crippen LogP contribution in [-0.2, 0) is 11.3 Å². The zero-order valence-corrected chi connectivity index (χ0v) is 18.3. The van der Waals surface area contributed by atoms with Gasteiger partial charge in [0.25, 0.3) is 0 Å². The van der Waals surface area contributed by atoms with Gasteiger partial charge in [0.1, 0.15) is 5.76 Å². The highest BCUT2D eigenvalue weighted by molar-refractivity contribution is 7.99. The summed E-state index contributed by atoms with van der Waals surface area (Å²) < 4.78 is 12.7. The highest BCUT2D eigenvalue weighted by Gasteiger charge is 2.18. The minimum absolute atomic E-state index is 0.155. The molecule has 9 heteroatoms. The van der Waals surface area contributed by atoms with E-state index in [0.29, 0.717) is 17.6 Å². The van der Waals surface area contributed by atoms with Gasteiger partial charge in [-0.15, -0.1) is 10.2 Å². The third-order valence-electron chi connectivity index (χ3n) is 4.60. The Morgan fingerprint density at radius 1 is 1.19 bits per heavy atom. The summed E-state index contributed by atoms with van der Waals surface area (Å²) in [6.07, 6.45) is 1.63. The van der Waals surface area contributed by atoms with E-state index < -0.39 is 0 Å². The molecule has 1 amide bonds. The van der Waals surface area contributed by atoms with Crippen LogP contribution in [0.4, 0.5) is 5.88 Å². The fourth-order valence-corrected chi connectivity index (χ4v) is 3.76.